The van der Waals surface area contributed by atoms with E-state index in [1.54, 1.807) is 0 Å². The van der Waals surface area contributed by atoms with Crippen molar-refractivity contribution in [3.05, 3.63) is 0 Å². The van der Waals surface area contributed by atoms with Crippen molar-refractivity contribution in [2.24, 2.45) is 5.92 Å². The summed E-state index contributed by atoms with van der Waals surface area (Å²) >= 11 is 0. The minimum absolute atomic E-state index is 0.0162. The van der Waals surface area contributed by atoms with Gasteiger partial charge in [-0.3, -0.25) is 4.79 Å². The normalized spacial score (nSPS) is 28.8. The van der Waals surface area contributed by atoms with E-state index in [0.29, 0.717) is 18.9 Å². The van der Waals surface area contributed by atoms with Gasteiger partial charge in [-0.15, -0.1) is 0 Å². The van der Waals surface area contributed by atoms with E-state index in [9.17, 15) is 9.90 Å². The first-order chi connectivity index (χ1) is 6.65. The minimum Gasteiger partial charge on any atom is -0.391 e. The van der Waals surface area contributed by atoms with E-state index in [1.165, 1.54) is 0 Å². The lowest BCUT2D eigenvalue weighted by Crippen LogP contribution is -2.45. The lowest BCUT2D eigenvalue weighted by molar-refractivity contribution is -0.124. The largest absolute Gasteiger partial charge is 0.391 e. The molecule has 1 fully saturated rings. The van der Waals surface area contributed by atoms with Gasteiger partial charge in [0.1, 0.15) is 0 Å². The van der Waals surface area contributed by atoms with Crippen LogP contribution in [-0.4, -0.2) is 36.2 Å². The number of aliphatic hydroxyl groups is 1. The maximum Gasteiger partial charge on any atom is 0.237 e. The number of hydrogen-bond donors (Lipinski definition) is 3. The Morgan fingerprint density at radius 3 is 2.93 bits per heavy atom. The van der Waals surface area contributed by atoms with Gasteiger partial charge in [-0.25, -0.2) is 0 Å². The second-order valence-electron chi connectivity index (χ2n) is 4.00. The molecule has 0 radical (unpaired) electrons. The van der Waals surface area contributed by atoms with Gasteiger partial charge in [-0.2, -0.15) is 0 Å². The lowest BCUT2D eigenvalue weighted by Gasteiger charge is -2.16. The molecule has 0 aliphatic carbocycles. The molecule has 1 heterocycles. The summed E-state index contributed by atoms with van der Waals surface area (Å²) in [4.78, 5) is 11.6. The van der Waals surface area contributed by atoms with Crippen LogP contribution in [-0.2, 0) is 4.79 Å². The molecule has 1 saturated heterocycles. The zero-order valence-electron chi connectivity index (χ0n) is 8.92. The summed E-state index contributed by atoms with van der Waals surface area (Å²) in [5.74, 6) is 0.413. The van der Waals surface area contributed by atoms with E-state index in [-0.39, 0.29) is 11.9 Å². The third-order valence-corrected chi connectivity index (χ3v) is 2.80. The molecule has 0 saturated carbocycles. The molecule has 0 aromatic rings. The molecule has 3 unspecified atom stereocenters. The molecule has 3 atom stereocenters. The summed E-state index contributed by atoms with van der Waals surface area (Å²) in [7, 11) is 0. The highest BCUT2D eigenvalue weighted by Crippen LogP contribution is 2.13. The second-order valence-corrected chi connectivity index (χ2v) is 4.00. The van der Waals surface area contributed by atoms with Gasteiger partial charge in [0.25, 0.3) is 0 Å². The molecule has 82 valence electrons. The van der Waals surface area contributed by atoms with E-state index >= 15 is 0 Å². The van der Waals surface area contributed by atoms with E-state index in [2.05, 4.69) is 17.6 Å². The fourth-order valence-corrected chi connectivity index (χ4v) is 1.66. The van der Waals surface area contributed by atoms with Gasteiger partial charge in [0.15, 0.2) is 0 Å². The average Bonchev–Trinajstić information content (AvgIpc) is 2.60. The molecular weight excluding hydrogens is 180 g/mol. The third-order valence-electron chi connectivity index (χ3n) is 2.80. The van der Waals surface area contributed by atoms with Crippen molar-refractivity contribution in [3.8, 4) is 0 Å². The average molecular weight is 200 g/mol. The van der Waals surface area contributed by atoms with Crippen molar-refractivity contribution in [2.45, 2.75) is 38.8 Å². The van der Waals surface area contributed by atoms with E-state index in [4.69, 9.17) is 0 Å². The predicted molar refractivity (Wildman–Crippen MR) is 54.9 cm³/mol. The fourth-order valence-electron chi connectivity index (χ4n) is 1.66. The molecule has 0 aromatic heterocycles. The Morgan fingerprint density at radius 1 is 1.71 bits per heavy atom. The summed E-state index contributed by atoms with van der Waals surface area (Å²) in [6.07, 6.45) is 1.30. The van der Waals surface area contributed by atoms with E-state index < -0.39 is 6.10 Å². The highest BCUT2D eigenvalue weighted by Gasteiger charge is 2.28. The number of carbonyl (C=O) groups excluding carboxylic acids is 1. The van der Waals surface area contributed by atoms with Crippen LogP contribution in [0.2, 0.25) is 0 Å². The van der Waals surface area contributed by atoms with Crippen LogP contribution in [0.5, 0.6) is 0 Å². The topological polar surface area (TPSA) is 61.4 Å². The van der Waals surface area contributed by atoms with Crippen LogP contribution in [0.4, 0.5) is 0 Å². The second kappa shape index (κ2) is 5.32. The van der Waals surface area contributed by atoms with Gasteiger partial charge >= 0.3 is 0 Å². The van der Waals surface area contributed by atoms with Crippen LogP contribution in [0.3, 0.4) is 0 Å². The van der Waals surface area contributed by atoms with Gasteiger partial charge in [-0.05, 0) is 25.3 Å². The number of aliphatic hydroxyl groups excluding tert-OH is 1. The number of rotatable bonds is 4. The maximum absolute atomic E-state index is 11.6. The van der Waals surface area contributed by atoms with Crippen LogP contribution in [0.15, 0.2) is 0 Å². The molecule has 0 spiro atoms. The first kappa shape index (κ1) is 11.5. The smallest absolute Gasteiger partial charge is 0.237 e. The molecule has 0 bridgehead atoms. The number of carbonyl (C=O) groups is 1. The van der Waals surface area contributed by atoms with Crippen LogP contribution in [0.1, 0.15) is 26.7 Å². The minimum atomic E-state index is -0.421. The highest BCUT2D eigenvalue weighted by molar-refractivity contribution is 5.82. The summed E-state index contributed by atoms with van der Waals surface area (Å²) < 4.78 is 0. The van der Waals surface area contributed by atoms with Crippen LogP contribution >= 0.6 is 0 Å². The zero-order chi connectivity index (χ0) is 10.6. The van der Waals surface area contributed by atoms with Gasteiger partial charge in [0.05, 0.1) is 12.1 Å². The zero-order valence-corrected chi connectivity index (χ0v) is 8.92. The first-order valence-electron chi connectivity index (χ1n) is 5.34. The summed E-state index contributed by atoms with van der Waals surface area (Å²) in [5, 5.41) is 15.2. The molecule has 0 aromatic carbocycles. The van der Waals surface area contributed by atoms with Crippen molar-refractivity contribution >= 4 is 5.91 Å². The molecular formula is C10H20N2O2. The molecule has 14 heavy (non-hydrogen) atoms. The highest BCUT2D eigenvalue weighted by atomic mass is 16.3. The number of hydrogen-bond acceptors (Lipinski definition) is 3. The summed E-state index contributed by atoms with van der Waals surface area (Å²) in [6, 6.07) is -0.0703. The van der Waals surface area contributed by atoms with Crippen LogP contribution in [0, 0.1) is 5.92 Å². The third kappa shape index (κ3) is 2.96. The van der Waals surface area contributed by atoms with Crippen molar-refractivity contribution in [3.63, 3.8) is 0 Å². The first-order valence-corrected chi connectivity index (χ1v) is 5.34. The van der Waals surface area contributed by atoms with Crippen LogP contribution in [0.25, 0.3) is 0 Å². The van der Waals surface area contributed by atoms with E-state index in [0.717, 1.165) is 13.0 Å². The SMILES string of the molecule is CCC(O)CNC(=O)C1NCCC1C. The van der Waals surface area contributed by atoms with Gasteiger partial charge in [0.2, 0.25) is 5.91 Å². The van der Waals surface area contributed by atoms with Crippen molar-refractivity contribution in [1.29, 1.82) is 0 Å². The fraction of sp³-hybridized carbons (Fsp3) is 0.900. The quantitative estimate of drug-likeness (QED) is 0.592. The predicted octanol–water partition coefficient (Wildman–Crippen LogP) is -0.128. The van der Waals surface area contributed by atoms with E-state index in [1.807, 2.05) is 6.92 Å². The van der Waals surface area contributed by atoms with Gasteiger partial charge in [0, 0.05) is 6.54 Å². The molecule has 1 aliphatic rings. The maximum atomic E-state index is 11.6. The number of nitrogens with one attached hydrogen (secondary N) is 2. The van der Waals surface area contributed by atoms with Crippen molar-refractivity contribution < 1.29 is 9.90 Å². The Bertz CT molecular complexity index is 197. The Kier molecular flexibility index (Phi) is 4.35. The molecule has 1 amide bonds. The number of amides is 1. The summed E-state index contributed by atoms with van der Waals surface area (Å²) in [6.45, 7) is 5.24. The van der Waals surface area contributed by atoms with Crippen molar-refractivity contribution in [2.75, 3.05) is 13.1 Å². The van der Waals surface area contributed by atoms with Gasteiger partial charge in [-0.1, -0.05) is 13.8 Å². The monoisotopic (exact) mass is 200 g/mol. The standard InChI is InChI=1S/C10H20N2O2/c1-3-8(13)6-12-10(14)9-7(2)4-5-11-9/h7-9,11,13H,3-6H2,1-2H3,(H,12,14). The summed E-state index contributed by atoms with van der Waals surface area (Å²) in [5.41, 5.74) is 0. The molecule has 1 rings (SSSR count). The van der Waals surface area contributed by atoms with Crippen molar-refractivity contribution in [1.82, 2.24) is 10.6 Å². The van der Waals surface area contributed by atoms with Crippen LogP contribution < -0.4 is 10.6 Å². The molecule has 4 nitrogen and oxygen atoms in total. The molecule has 3 N–H and O–H groups in total. The lowest BCUT2D eigenvalue weighted by atomic mass is 10.0. The molecule has 1 aliphatic heterocycles. The Morgan fingerprint density at radius 2 is 2.43 bits per heavy atom. The Balaban J connectivity index is 2.27. The van der Waals surface area contributed by atoms with Gasteiger partial charge < -0.3 is 15.7 Å². The Hall–Kier alpha value is -0.610. The molecule has 4 heteroatoms. The Labute approximate surface area is 85.1 Å².